The van der Waals surface area contributed by atoms with Crippen LogP contribution in [-0.4, -0.2) is 7.05 Å². The fourth-order valence-electron chi connectivity index (χ4n) is 1.31. The molecule has 0 saturated carbocycles. The van der Waals surface area contributed by atoms with E-state index >= 15 is 0 Å². The molecule has 1 rings (SSSR count). The number of benzene rings is 1. The lowest BCUT2D eigenvalue weighted by molar-refractivity contribution is -0.138. The molecule has 0 aromatic heterocycles. The topological polar surface area (TPSA) is 12.0 Å². The predicted octanol–water partition coefficient (Wildman–Crippen LogP) is 3.75. The summed E-state index contributed by atoms with van der Waals surface area (Å²) in [4.78, 5) is 0. The first-order chi connectivity index (χ1) is 6.86. The lowest BCUT2D eigenvalue weighted by atomic mass is 10.0. The normalized spacial score (nSPS) is 14.0. The van der Waals surface area contributed by atoms with Gasteiger partial charge in [-0.1, -0.05) is 22.0 Å². The number of hydrogen-bond acceptors (Lipinski definition) is 1. The molecule has 0 saturated heterocycles. The molecule has 5 heteroatoms. The molecule has 1 nitrogen and oxygen atoms in total. The first-order valence-electron chi connectivity index (χ1n) is 4.40. The van der Waals surface area contributed by atoms with Crippen LogP contribution in [-0.2, 0) is 6.18 Å². The zero-order valence-electron chi connectivity index (χ0n) is 8.32. The average molecular weight is 282 g/mol. The molecule has 1 N–H and O–H groups in total. The largest absolute Gasteiger partial charge is 0.416 e. The van der Waals surface area contributed by atoms with Gasteiger partial charge in [-0.3, -0.25) is 0 Å². The minimum absolute atomic E-state index is 0.258. The summed E-state index contributed by atoms with van der Waals surface area (Å²) in [6.45, 7) is 1.69. The maximum absolute atomic E-state index is 12.7. The summed E-state index contributed by atoms with van der Waals surface area (Å²) < 4.78 is 38.5. The average Bonchev–Trinajstić information content (AvgIpc) is 2.15. The van der Waals surface area contributed by atoms with E-state index in [9.17, 15) is 13.2 Å². The minimum Gasteiger partial charge on any atom is -0.313 e. The molecule has 0 bridgehead atoms. The Morgan fingerprint density at radius 3 is 2.40 bits per heavy atom. The summed E-state index contributed by atoms with van der Waals surface area (Å²) in [6, 6.07) is 3.87. The van der Waals surface area contributed by atoms with Crippen molar-refractivity contribution in [2.24, 2.45) is 0 Å². The molecule has 0 aliphatic carbocycles. The van der Waals surface area contributed by atoms with Crippen LogP contribution in [0.25, 0.3) is 0 Å². The van der Waals surface area contributed by atoms with Crippen LogP contribution < -0.4 is 5.32 Å². The van der Waals surface area contributed by atoms with Crippen molar-refractivity contribution in [3.63, 3.8) is 0 Å². The van der Waals surface area contributed by atoms with Crippen LogP contribution in [0.1, 0.15) is 24.1 Å². The van der Waals surface area contributed by atoms with Crippen molar-refractivity contribution >= 4 is 15.9 Å². The van der Waals surface area contributed by atoms with Crippen molar-refractivity contribution < 1.29 is 13.2 Å². The van der Waals surface area contributed by atoms with Crippen LogP contribution in [0.5, 0.6) is 0 Å². The lowest BCUT2D eigenvalue weighted by Crippen LogP contribution is -2.18. The van der Waals surface area contributed by atoms with E-state index in [1.165, 1.54) is 6.07 Å². The Morgan fingerprint density at radius 2 is 1.93 bits per heavy atom. The zero-order chi connectivity index (χ0) is 11.6. The molecule has 1 aromatic carbocycles. The first kappa shape index (κ1) is 12.5. The van der Waals surface area contributed by atoms with Gasteiger partial charge in [0.25, 0.3) is 0 Å². The Kier molecular flexibility index (Phi) is 3.78. The molecular weight excluding hydrogens is 271 g/mol. The molecular formula is C10H11BrF3N. The SMILES string of the molecule is CNC(C)c1ccc(Br)cc1C(F)(F)F. The molecule has 0 radical (unpaired) electrons. The van der Waals surface area contributed by atoms with Crippen LogP contribution in [0.15, 0.2) is 22.7 Å². The van der Waals surface area contributed by atoms with E-state index in [1.807, 2.05) is 0 Å². The first-order valence-corrected chi connectivity index (χ1v) is 5.19. The monoisotopic (exact) mass is 281 g/mol. The minimum atomic E-state index is -4.32. The van der Waals surface area contributed by atoms with Crippen molar-refractivity contribution in [1.82, 2.24) is 5.32 Å². The van der Waals surface area contributed by atoms with Gasteiger partial charge < -0.3 is 5.32 Å². The Bertz CT molecular complexity index is 349. The van der Waals surface area contributed by atoms with Gasteiger partial charge in [0.05, 0.1) is 5.56 Å². The molecule has 1 unspecified atom stereocenters. The van der Waals surface area contributed by atoms with Crippen LogP contribution in [0, 0.1) is 0 Å². The van der Waals surface area contributed by atoms with Crippen LogP contribution >= 0.6 is 15.9 Å². The number of halogens is 4. The van der Waals surface area contributed by atoms with Gasteiger partial charge in [-0.05, 0) is 31.7 Å². The quantitative estimate of drug-likeness (QED) is 0.871. The van der Waals surface area contributed by atoms with Crippen molar-refractivity contribution in [1.29, 1.82) is 0 Å². The standard InChI is InChI=1S/C10H11BrF3N/c1-6(15-2)8-4-3-7(11)5-9(8)10(12,13)14/h3-6,15H,1-2H3. The summed E-state index contributed by atoms with van der Waals surface area (Å²) in [6.07, 6.45) is -4.32. The van der Waals surface area contributed by atoms with Crippen LogP contribution in [0.2, 0.25) is 0 Å². The Hall–Kier alpha value is -0.550. The van der Waals surface area contributed by atoms with Gasteiger partial charge in [-0.2, -0.15) is 13.2 Å². The molecule has 15 heavy (non-hydrogen) atoms. The summed E-state index contributed by atoms with van der Waals surface area (Å²) in [5.41, 5.74) is -0.341. The molecule has 84 valence electrons. The van der Waals surface area contributed by atoms with Crippen molar-refractivity contribution in [2.75, 3.05) is 7.05 Å². The fourth-order valence-corrected chi connectivity index (χ4v) is 1.67. The van der Waals surface area contributed by atoms with Gasteiger partial charge in [-0.25, -0.2) is 0 Å². The molecule has 0 fully saturated rings. The maximum Gasteiger partial charge on any atom is 0.416 e. The summed E-state index contributed by atoms with van der Waals surface area (Å²) in [5.74, 6) is 0. The number of hydrogen-bond donors (Lipinski definition) is 1. The number of nitrogens with one attached hydrogen (secondary N) is 1. The lowest BCUT2D eigenvalue weighted by Gasteiger charge is -2.18. The molecule has 0 aliphatic rings. The molecule has 1 atom stereocenters. The van der Waals surface area contributed by atoms with Gasteiger partial charge in [0.1, 0.15) is 0 Å². The van der Waals surface area contributed by atoms with E-state index in [0.717, 1.165) is 6.07 Å². The van der Waals surface area contributed by atoms with Gasteiger partial charge >= 0.3 is 6.18 Å². The maximum atomic E-state index is 12.7. The Morgan fingerprint density at radius 1 is 1.33 bits per heavy atom. The third-order valence-corrected chi connectivity index (χ3v) is 2.71. The Balaban J connectivity index is 3.27. The highest BCUT2D eigenvalue weighted by atomic mass is 79.9. The molecule has 0 amide bonds. The highest BCUT2D eigenvalue weighted by Gasteiger charge is 2.34. The third kappa shape index (κ3) is 2.95. The van der Waals surface area contributed by atoms with Crippen molar-refractivity contribution in [2.45, 2.75) is 19.1 Å². The van der Waals surface area contributed by atoms with E-state index in [0.29, 0.717) is 4.47 Å². The van der Waals surface area contributed by atoms with E-state index in [1.54, 1.807) is 20.0 Å². The second-order valence-electron chi connectivity index (χ2n) is 3.24. The highest BCUT2D eigenvalue weighted by molar-refractivity contribution is 9.10. The smallest absolute Gasteiger partial charge is 0.313 e. The van der Waals surface area contributed by atoms with Gasteiger partial charge in [0.15, 0.2) is 0 Å². The second-order valence-corrected chi connectivity index (χ2v) is 4.16. The van der Waals surface area contributed by atoms with Crippen LogP contribution in [0.3, 0.4) is 0 Å². The van der Waals surface area contributed by atoms with E-state index in [-0.39, 0.29) is 11.6 Å². The summed E-state index contributed by atoms with van der Waals surface area (Å²) >= 11 is 3.04. The van der Waals surface area contributed by atoms with Gasteiger partial charge in [-0.15, -0.1) is 0 Å². The summed E-state index contributed by atoms with van der Waals surface area (Å²) in [7, 11) is 1.63. The van der Waals surface area contributed by atoms with E-state index in [2.05, 4.69) is 21.2 Å². The van der Waals surface area contributed by atoms with Gasteiger partial charge in [0.2, 0.25) is 0 Å². The third-order valence-electron chi connectivity index (χ3n) is 2.22. The fraction of sp³-hybridized carbons (Fsp3) is 0.400. The van der Waals surface area contributed by atoms with Crippen molar-refractivity contribution in [3.05, 3.63) is 33.8 Å². The van der Waals surface area contributed by atoms with E-state index in [4.69, 9.17) is 0 Å². The molecule has 0 spiro atoms. The summed E-state index contributed by atoms with van der Waals surface area (Å²) in [5, 5.41) is 2.80. The zero-order valence-corrected chi connectivity index (χ0v) is 9.91. The number of alkyl halides is 3. The molecule has 0 heterocycles. The second kappa shape index (κ2) is 4.53. The van der Waals surface area contributed by atoms with Gasteiger partial charge in [0, 0.05) is 10.5 Å². The predicted molar refractivity (Wildman–Crippen MR) is 56.6 cm³/mol. The van der Waals surface area contributed by atoms with Crippen LogP contribution in [0.4, 0.5) is 13.2 Å². The highest BCUT2D eigenvalue weighted by Crippen LogP contribution is 2.36. The molecule has 0 aliphatic heterocycles. The number of rotatable bonds is 2. The van der Waals surface area contributed by atoms with Crippen molar-refractivity contribution in [3.8, 4) is 0 Å². The Labute approximate surface area is 94.8 Å². The van der Waals surface area contributed by atoms with E-state index < -0.39 is 11.7 Å². The molecule has 1 aromatic rings.